The molecular formula is C21H30IN3O2. The average molecular weight is 483 g/mol. The fourth-order valence-corrected chi connectivity index (χ4v) is 2.91. The van der Waals surface area contributed by atoms with E-state index in [0.717, 1.165) is 42.0 Å². The van der Waals surface area contributed by atoms with E-state index in [0.29, 0.717) is 12.5 Å². The number of benzene rings is 2. The number of ether oxygens (including phenoxy) is 2. The van der Waals surface area contributed by atoms with Crippen LogP contribution in [0.25, 0.3) is 0 Å². The lowest BCUT2D eigenvalue weighted by atomic mass is 10.0. The van der Waals surface area contributed by atoms with Crippen molar-refractivity contribution < 1.29 is 9.47 Å². The van der Waals surface area contributed by atoms with Crippen molar-refractivity contribution in [2.45, 2.75) is 33.1 Å². The topological polar surface area (TPSA) is 68.9 Å². The zero-order valence-electron chi connectivity index (χ0n) is 16.5. The number of hydrogen-bond acceptors (Lipinski definition) is 3. The van der Waals surface area contributed by atoms with Crippen molar-refractivity contribution in [3.63, 3.8) is 0 Å². The molecule has 0 saturated heterocycles. The summed E-state index contributed by atoms with van der Waals surface area (Å²) in [4.78, 5) is 4.47. The third-order valence-electron chi connectivity index (χ3n) is 4.38. The highest BCUT2D eigenvalue weighted by Gasteiger charge is 2.07. The van der Waals surface area contributed by atoms with Gasteiger partial charge in [0.25, 0.3) is 0 Å². The van der Waals surface area contributed by atoms with Crippen molar-refractivity contribution in [1.82, 2.24) is 0 Å². The van der Waals surface area contributed by atoms with E-state index < -0.39 is 0 Å². The molecule has 0 aliphatic rings. The van der Waals surface area contributed by atoms with Crippen molar-refractivity contribution in [2.24, 2.45) is 10.7 Å². The Labute approximate surface area is 179 Å². The molecule has 27 heavy (non-hydrogen) atoms. The lowest BCUT2D eigenvalue weighted by molar-refractivity contribution is 0.354. The number of halogens is 1. The van der Waals surface area contributed by atoms with Crippen LogP contribution in [0.5, 0.6) is 11.5 Å². The predicted molar refractivity (Wildman–Crippen MR) is 124 cm³/mol. The standard InChI is InChI=1S/C21H29N3O2.HI/c1-5-16-8-7-9-17(6-2)20(16)24-21(22)23-13-12-15-10-11-18(25-3)19(14-15)26-4;/h7-11,14H,5-6,12-13H2,1-4H3,(H3,22,23,24);1H. The number of guanidine groups is 1. The summed E-state index contributed by atoms with van der Waals surface area (Å²) in [6.07, 6.45) is 2.68. The summed E-state index contributed by atoms with van der Waals surface area (Å²) in [6, 6.07) is 12.2. The van der Waals surface area contributed by atoms with E-state index in [1.54, 1.807) is 14.2 Å². The van der Waals surface area contributed by atoms with Crippen molar-refractivity contribution in [2.75, 3.05) is 26.1 Å². The Balaban J connectivity index is 0.00000364. The van der Waals surface area contributed by atoms with Gasteiger partial charge in [-0.1, -0.05) is 38.1 Å². The van der Waals surface area contributed by atoms with Crippen LogP contribution in [-0.2, 0) is 19.3 Å². The largest absolute Gasteiger partial charge is 0.493 e. The lowest BCUT2D eigenvalue weighted by Crippen LogP contribution is -2.24. The van der Waals surface area contributed by atoms with Gasteiger partial charge in [-0.2, -0.15) is 0 Å². The highest BCUT2D eigenvalue weighted by atomic mass is 127. The first-order valence-electron chi connectivity index (χ1n) is 9.01. The Kier molecular flexibility index (Phi) is 9.99. The van der Waals surface area contributed by atoms with E-state index in [4.69, 9.17) is 15.2 Å². The smallest absolute Gasteiger partial charge is 0.193 e. The number of anilines is 1. The van der Waals surface area contributed by atoms with Gasteiger partial charge >= 0.3 is 0 Å². The van der Waals surface area contributed by atoms with Gasteiger partial charge in [0.05, 0.1) is 14.2 Å². The predicted octanol–water partition coefficient (Wildman–Crippen LogP) is 4.42. The molecule has 0 radical (unpaired) electrons. The molecule has 2 aromatic rings. The molecule has 0 atom stereocenters. The molecule has 0 aliphatic carbocycles. The lowest BCUT2D eigenvalue weighted by Gasteiger charge is -2.15. The summed E-state index contributed by atoms with van der Waals surface area (Å²) in [6.45, 7) is 4.89. The van der Waals surface area contributed by atoms with Crippen LogP contribution in [0.3, 0.4) is 0 Å². The second-order valence-electron chi connectivity index (χ2n) is 5.99. The molecule has 0 saturated carbocycles. The summed E-state index contributed by atoms with van der Waals surface area (Å²) in [5.74, 6) is 1.90. The maximum atomic E-state index is 6.11. The number of hydrogen-bond donors (Lipinski definition) is 2. The quantitative estimate of drug-likeness (QED) is 0.332. The van der Waals surface area contributed by atoms with Gasteiger partial charge in [-0.05, 0) is 48.1 Å². The van der Waals surface area contributed by atoms with Crippen LogP contribution >= 0.6 is 24.0 Å². The molecule has 0 bridgehead atoms. The van der Waals surface area contributed by atoms with Gasteiger partial charge in [0.1, 0.15) is 0 Å². The number of nitrogens with zero attached hydrogens (tertiary/aromatic N) is 1. The van der Waals surface area contributed by atoms with E-state index >= 15 is 0 Å². The minimum atomic E-state index is 0. The number of para-hydroxylation sites is 1. The first-order valence-corrected chi connectivity index (χ1v) is 9.01. The summed E-state index contributed by atoms with van der Waals surface area (Å²) >= 11 is 0. The molecule has 0 aliphatic heterocycles. The van der Waals surface area contributed by atoms with Crippen molar-refractivity contribution in [3.05, 3.63) is 53.1 Å². The summed E-state index contributed by atoms with van der Waals surface area (Å²) in [5, 5.41) is 3.29. The molecule has 2 aromatic carbocycles. The Hall–Kier alpha value is -1.96. The van der Waals surface area contributed by atoms with Gasteiger partial charge in [-0.25, -0.2) is 0 Å². The van der Waals surface area contributed by atoms with Crippen LogP contribution in [0.15, 0.2) is 41.4 Å². The minimum Gasteiger partial charge on any atom is -0.493 e. The van der Waals surface area contributed by atoms with Crippen molar-refractivity contribution >= 4 is 35.6 Å². The van der Waals surface area contributed by atoms with Gasteiger partial charge < -0.3 is 20.5 Å². The molecule has 0 fully saturated rings. The average Bonchev–Trinajstić information content (AvgIpc) is 2.67. The van der Waals surface area contributed by atoms with Gasteiger partial charge in [-0.15, -0.1) is 24.0 Å². The summed E-state index contributed by atoms with van der Waals surface area (Å²) < 4.78 is 10.6. The third kappa shape index (κ3) is 6.30. The Bertz CT molecular complexity index is 741. The number of aryl methyl sites for hydroxylation is 2. The molecule has 0 unspecified atom stereocenters. The molecule has 5 nitrogen and oxygen atoms in total. The number of methoxy groups -OCH3 is 2. The summed E-state index contributed by atoms with van der Waals surface area (Å²) in [7, 11) is 3.27. The molecule has 0 heterocycles. The maximum Gasteiger partial charge on any atom is 0.193 e. The minimum absolute atomic E-state index is 0. The first kappa shape index (κ1) is 23.1. The molecule has 148 valence electrons. The fourth-order valence-electron chi connectivity index (χ4n) is 2.91. The molecule has 2 rings (SSSR count). The van der Waals surface area contributed by atoms with E-state index in [-0.39, 0.29) is 24.0 Å². The van der Waals surface area contributed by atoms with Crippen molar-refractivity contribution in [1.29, 1.82) is 0 Å². The Morgan fingerprint density at radius 2 is 1.63 bits per heavy atom. The van der Waals surface area contributed by atoms with E-state index in [2.05, 4.69) is 42.4 Å². The normalized spacial score (nSPS) is 10.9. The zero-order valence-corrected chi connectivity index (χ0v) is 18.9. The number of rotatable bonds is 8. The van der Waals surface area contributed by atoms with Crippen LogP contribution in [-0.4, -0.2) is 26.7 Å². The number of aliphatic imine (C=N–C) groups is 1. The van der Waals surface area contributed by atoms with Gasteiger partial charge in [0, 0.05) is 12.2 Å². The SMILES string of the molecule is CCc1cccc(CC)c1NC(N)=NCCc1ccc(OC)c(OC)c1.I. The molecule has 6 heteroatoms. The number of nitrogens with two attached hydrogens (primary N) is 1. The number of nitrogens with one attached hydrogen (secondary N) is 1. The molecule has 3 N–H and O–H groups in total. The highest BCUT2D eigenvalue weighted by Crippen LogP contribution is 2.27. The second kappa shape index (κ2) is 11.7. The monoisotopic (exact) mass is 483 g/mol. The van der Waals surface area contributed by atoms with Crippen LogP contribution in [0.4, 0.5) is 5.69 Å². The van der Waals surface area contributed by atoms with Crippen LogP contribution in [0.2, 0.25) is 0 Å². The second-order valence-corrected chi connectivity index (χ2v) is 5.99. The van der Waals surface area contributed by atoms with Crippen LogP contribution in [0, 0.1) is 0 Å². The Morgan fingerprint density at radius 1 is 1.00 bits per heavy atom. The van der Waals surface area contributed by atoms with Gasteiger partial charge in [-0.3, -0.25) is 4.99 Å². The fraction of sp³-hybridized carbons (Fsp3) is 0.381. The third-order valence-corrected chi connectivity index (χ3v) is 4.38. The van der Waals surface area contributed by atoms with Gasteiger partial charge in [0.15, 0.2) is 17.5 Å². The van der Waals surface area contributed by atoms with Gasteiger partial charge in [0.2, 0.25) is 0 Å². The first-order chi connectivity index (χ1) is 12.6. The zero-order chi connectivity index (χ0) is 18.9. The van der Waals surface area contributed by atoms with Crippen molar-refractivity contribution in [3.8, 4) is 11.5 Å². The molecule has 0 amide bonds. The Morgan fingerprint density at radius 3 is 2.19 bits per heavy atom. The molecule has 0 spiro atoms. The summed E-state index contributed by atoms with van der Waals surface area (Å²) in [5.41, 5.74) is 10.8. The molecule has 0 aromatic heterocycles. The van der Waals surface area contributed by atoms with E-state index in [9.17, 15) is 0 Å². The van der Waals surface area contributed by atoms with E-state index in [1.165, 1.54) is 11.1 Å². The van der Waals surface area contributed by atoms with E-state index in [1.807, 2.05) is 18.2 Å². The van der Waals surface area contributed by atoms with Crippen LogP contribution in [0.1, 0.15) is 30.5 Å². The van der Waals surface area contributed by atoms with Crippen LogP contribution < -0.4 is 20.5 Å². The molecular weight excluding hydrogens is 453 g/mol. The highest BCUT2D eigenvalue weighted by molar-refractivity contribution is 14.0. The maximum absolute atomic E-state index is 6.11.